The molecule has 2 aromatic carbocycles. The Hall–Kier alpha value is -4.16. The highest BCUT2D eigenvalue weighted by molar-refractivity contribution is 7.99. The molecule has 0 unspecified atom stereocenters. The van der Waals surface area contributed by atoms with Gasteiger partial charge in [-0.3, -0.25) is 14.2 Å². The molecular formula is C32H35N5O5S2. The third-order valence-corrected chi connectivity index (χ3v) is 9.42. The molecule has 0 spiro atoms. The number of carbonyl (C=O) groups excluding carboxylic acids is 3. The zero-order valence-corrected chi connectivity index (χ0v) is 26.8. The van der Waals surface area contributed by atoms with Gasteiger partial charge in [-0.15, -0.1) is 21.5 Å². The molecule has 0 aliphatic heterocycles. The molecule has 0 saturated carbocycles. The first-order valence-electron chi connectivity index (χ1n) is 14.5. The van der Waals surface area contributed by atoms with Gasteiger partial charge in [0.05, 0.1) is 37.3 Å². The van der Waals surface area contributed by atoms with Gasteiger partial charge < -0.3 is 20.1 Å². The summed E-state index contributed by atoms with van der Waals surface area (Å²) in [6, 6.07) is 13.0. The first kappa shape index (κ1) is 31.3. The van der Waals surface area contributed by atoms with Crippen LogP contribution in [0.15, 0.2) is 47.6 Å². The molecule has 0 saturated heterocycles. The minimum atomic E-state index is -0.398. The lowest BCUT2D eigenvalue weighted by Crippen LogP contribution is -2.25. The van der Waals surface area contributed by atoms with E-state index >= 15 is 0 Å². The van der Waals surface area contributed by atoms with Crippen LogP contribution < -0.4 is 15.4 Å². The number of fused-ring (bicyclic) bond motifs is 1. The Morgan fingerprint density at radius 2 is 1.89 bits per heavy atom. The van der Waals surface area contributed by atoms with Gasteiger partial charge >= 0.3 is 5.97 Å². The number of hydrogen-bond acceptors (Lipinski definition) is 9. The lowest BCUT2D eigenvalue weighted by atomic mass is 9.95. The molecule has 2 heterocycles. The second-order valence-corrected chi connectivity index (χ2v) is 12.5. The summed E-state index contributed by atoms with van der Waals surface area (Å²) in [6.45, 7) is 6.15. The number of thioether (sulfide) groups is 1. The molecule has 0 fully saturated rings. The van der Waals surface area contributed by atoms with E-state index in [4.69, 9.17) is 9.47 Å². The quantitative estimate of drug-likeness (QED) is 0.160. The molecule has 2 aromatic heterocycles. The smallest absolute Gasteiger partial charge is 0.341 e. The topological polar surface area (TPSA) is 124 Å². The van der Waals surface area contributed by atoms with Gasteiger partial charge in [-0.25, -0.2) is 4.79 Å². The van der Waals surface area contributed by atoms with Crippen LogP contribution in [0.4, 0.5) is 5.00 Å². The molecule has 0 bridgehead atoms. The second-order valence-electron chi connectivity index (χ2n) is 10.4. The molecule has 5 rings (SSSR count). The number of thiophene rings is 1. The lowest BCUT2D eigenvalue weighted by molar-refractivity contribution is -0.113. The molecule has 4 aromatic rings. The molecule has 230 valence electrons. The SMILES string of the molecule is CCOC(=O)c1c(NC(=O)CSc2nnc(CNC(=O)c3cccc(OC)c3)n2-c2cc(C)ccc2C)sc2c1CCCC2. The number of amides is 2. The number of aryl methyl sites for hydroxylation is 3. The molecule has 44 heavy (non-hydrogen) atoms. The van der Waals surface area contributed by atoms with E-state index in [9.17, 15) is 14.4 Å². The van der Waals surface area contributed by atoms with Gasteiger partial charge in [-0.05, 0) is 87.4 Å². The van der Waals surface area contributed by atoms with E-state index in [0.717, 1.165) is 52.9 Å². The number of ether oxygens (including phenoxy) is 2. The summed E-state index contributed by atoms with van der Waals surface area (Å²) in [4.78, 5) is 40.1. The minimum absolute atomic E-state index is 0.0456. The molecule has 1 aliphatic carbocycles. The molecule has 1 aliphatic rings. The number of anilines is 1. The van der Waals surface area contributed by atoms with E-state index in [1.807, 2.05) is 36.6 Å². The Morgan fingerprint density at radius 1 is 1.07 bits per heavy atom. The number of benzene rings is 2. The largest absolute Gasteiger partial charge is 0.497 e. The van der Waals surface area contributed by atoms with E-state index in [1.54, 1.807) is 38.3 Å². The van der Waals surface area contributed by atoms with Crippen LogP contribution in [0.25, 0.3) is 5.69 Å². The zero-order valence-electron chi connectivity index (χ0n) is 25.2. The molecule has 2 N–H and O–H groups in total. The van der Waals surface area contributed by atoms with E-state index in [1.165, 1.54) is 23.1 Å². The summed E-state index contributed by atoms with van der Waals surface area (Å²) in [7, 11) is 1.55. The first-order chi connectivity index (χ1) is 21.3. The summed E-state index contributed by atoms with van der Waals surface area (Å²) in [5.41, 5.74) is 4.85. The predicted octanol–water partition coefficient (Wildman–Crippen LogP) is 5.67. The molecule has 12 heteroatoms. The van der Waals surface area contributed by atoms with Gasteiger partial charge in [0.1, 0.15) is 10.8 Å². The monoisotopic (exact) mass is 633 g/mol. The number of rotatable bonds is 11. The van der Waals surface area contributed by atoms with Crippen LogP contribution >= 0.6 is 23.1 Å². The third-order valence-electron chi connectivity index (χ3n) is 7.28. The normalized spacial score (nSPS) is 12.4. The molecule has 10 nitrogen and oxygen atoms in total. The zero-order chi connectivity index (χ0) is 31.2. The Kier molecular flexibility index (Phi) is 10.0. The highest BCUT2D eigenvalue weighted by atomic mass is 32.2. The van der Waals surface area contributed by atoms with Crippen LogP contribution in [0, 0.1) is 13.8 Å². The van der Waals surface area contributed by atoms with Crippen molar-refractivity contribution in [3.63, 3.8) is 0 Å². The fourth-order valence-corrected chi connectivity index (χ4v) is 7.16. The minimum Gasteiger partial charge on any atom is -0.497 e. The van der Waals surface area contributed by atoms with Crippen molar-refractivity contribution in [1.29, 1.82) is 0 Å². The maximum absolute atomic E-state index is 13.2. The van der Waals surface area contributed by atoms with Crippen molar-refractivity contribution in [3.05, 3.63) is 81.0 Å². The van der Waals surface area contributed by atoms with Crippen LogP contribution in [0.5, 0.6) is 5.75 Å². The number of nitrogens with zero attached hydrogens (tertiary/aromatic N) is 3. The summed E-state index contributed by atoms with van der Waals surface area (Å²) < 4.78 is 12.4. The molecule has 0 radical (unpaired) electrons. The Bertz CT molecular complexity index is 1700. The van der Waals surface area contributed by atoms with Crippen molar-refractivity contribution in [3.8, 4) is 11.4 Å². The predicted molar refractivity (Wildman–Crippen MR) is 171 cm³/mol. The van der Waals surface area contributed by atoms with Crippen molar-refractivity contribution in [2.75, 3.05) is 24.8 Å². The van der Waals surface area contributed by atoms with E-state index in [0.29, 0.717) is 32.9 Å². The van der Waals surface area contributed by atoms with E-state index in [2.05, 4.69) is 20.8 Å². The maximum Gasteiger partial charge on any atom is 0.341 e. The lowest BCUT2D eigenvalue weighted by Gasteiger charge is -2.14. The van der Waals surface area contributed by atoms with Gasteiger partial charge in [-0.1, -0.05) is 30.0 Å². The number of aromatic nitrogens is 3. The maximum atomic E-state index is 13.2. The van der Waals surface area contributed by atoms with Crippen molar-refractivity contribution in [2.45, 2.75) is 58.2 Å². The van der Waals surface area contributed by atoms with Crippen LogP contribution in [-0.2, 0) is 28.9 Å². The third kappa shape index (κ3) is 6.97. The van der Waals surface area contributed by atoms with Gasteiger partial charge in [0, 0.05) is 10.4 Å². The van der Waals surface area contributed by atoms with Gasteiger partial charge in [0.2, 0.25) is 5.91 Å². The van der Waals surface area contributed by atoms with Gasteiger partial charge in [-0.2, -0.15) is 0 Å². The number of esters is 1. The fraction of sp³-hybridized carbons (Fsp3) is 0.344. The van der Waals surface area contributed by atoms with Crippen molar-refractivity contribution in [1.82, 2.24) is 20.1 Å². The number of carbonyl (C=O) groups is 3. The number of hydrogen-bond donors (Lipinski definition) is 2. The number of nitrogens with one attached hydrogen (secondary N) is 2. The van der Waals surface area contributed by atoms with Gasteiger partial charge in [0.25, 0.3) is 5.91 Å². The van der Waals surface area contributed by atoms with E-state index < -0.39 is 5.97 Å². The first-order valence-corrected chi connectivity index (χ1v) is 16.3. The molecule has 0 atom stereocenters. The van der Waals surface area contributed by atoms with Gasteiger partial charge in [0.15, 0.2) is 11.0 Å². The van der Waals surface area contributed by atoms with Crippen LogP contribution in [0.1, 0.15) is 67.9 Å². The summed E-state index contributed by atoms with van der Waals surface area (Å²) in [6.07, 6.45) is 3.78. The average Bonchev–Trinajstić information content (AvgIpc) is 3.60. The number of methoxy groups -OCH3 is 1. The van der Waals surface area contributed by atoms with Crippen molar-refractivity contribution in [2.24, 2.45) is 0 Å². The Labute approximate surface area is 264 Å². The highest BCUT2D eigenvalue weighted by Crippen LogP contribution is 2.39. The summed E-state index contributed by atoms with van der Waals surface area (Å²) in [5.74, 6) is 0.222. The standard InChI is InChI=1S/C32H35N5O5S2/c1-5-42-31(40)28-23-11-6-7-12-25(23)44-30(28)34-27(38)18-43-32-36-35-26(37(32)24-15-19(2)13-14-20(24)3)17-33-29(39)21-9-8-10-22(16-21)41-4/h8-10,13-16H,5-7,11-12,17-18H2,1-4H3,(H,33,39)(H,34,38). The van der Waals surface area contributed by atoms with Crippen LogP contribution in [0.3, 0.4) is 0 Å². The Balaban J connectivity index is 1.36. The summed E-state index contributed by atoms with van der Waals surface area (Å²) in [5, 5.41) is 15.7. The van der Waals surface area contributed by atoms with Crippen LogP contribution in [-0.4, -0.2) is 52.0 Å². The fourth-order valence-electron chi connectivity index (χ4n) is 5.10. The van der Waals surface area contributed by atoms with Crippen LogP contribution in [0.2, 0.25) is 0 Å². The summed E-state index contributed by atoms with van der Waals surface area (Å²) >= 11 is 2.70. The van der Waals surface area contributed by atoms with E-state index in [-0.39, 0.29) is 30.7 Å². The Morgan fingerprint density at radius 3 is 2.68 bits per heavy atom. The van der Waals surface area contributed by atoms with Crippen molar-refractivity contribution >= 4 is 45.9 Å². The molecular weight excluding hydrogens is 599 g/mol. The second kappa shape index (κ2) is 14.1. The average molecular weight is 634 g/mol. The highest BCUT2D eigenvalue weighted by Gasteiger charge is 2.27. The van der Waals surface area contributed by atoms with Crippen molar-refractivity contribution < 1.29 is 23.9 Å². The molecule has 2 amide bonds.